The Morgan fingerprint density at radius 1 is 1.20 bits per heavy atom. The first-order chi connectivity index (χ1) is 9.64. The monoisotopic (exact) mass is 277 g/mol. The molecule has 0 aromatic rings. The first-order valence-corrected chi connectivity index (χ1v) is 7.58. The molecule has 1 atom stereocenters. The molecule has 1 unspecified atom stereocenters. The number of hydrogen-bond acceptors (Lipinski definition) is 3. The number of nitriles is 1. The van der Waals surface area contributed by atoms with Gasteiger partial charge >= 0.3 is 0 Å². The molecule has 2 rings (SSSR count). The molecule has 2 aliphatic rings. The van der Waals surface area contributed by atoms with Crippen molar-refractivity contribution < 1.29 is 9.59 Å². The van der Waals surface area contributed by atoms with Crippen molar-refractivity contribution in [2.45, 2.75) is 57.4 Å². The van der Waals surface area contributed by atoms with Gasteiger partial charge in [-0.1, -0.05) is 25.7 Å². The lowest BCUT2D eigenvalue weighted by Crippen LogP contribution is -2.50. The molecule has 5 heteroatoms. The minimum atomic E-state index is -0.896. The highest BCUT2D eigenvalue weighted by Gasteiger charge is 2.45. The normalized spacial score (nSPS) is 25.6. The summed E-state index contributed by atoms with van der Waals surface area (Å²) in [4.78, 5) is 26.4. The summed E-state index contributed by atoms with van der Waals surface area (Å²) in [6.07, 6.45) is 6.86. The van der Waals surface area contributed by atoms with E-state index < -0.39 is 5.41 Å². The Balaban J connectivity index is 2.19. The molecule has 1 aliphatic heterocycles. The number of nitrogens with zero attached hydrogens (tertiary/aromatic N) is 2. The van der Waals surface area contributed by atoms with Crippen LogP contribution in [0.4, 0.5) is 0 Å². The van der Waals surface area contributed by atoms with Gasteiger partial charge < -0.3 is 10.2 Å². The van der Waals surface area contributed by atoms with Crippen molar-refractivity contribution in [3.8, 4) is 6.07 Å². The molecule has 1 saturated heterocycles. The number of amides is 2. The van der Waals surface area contributed by atoms with Gasteiger partial charge in [-0.2, -0.15) is 5.26 Å². The summed E-state index contributed by atoms with van der Waals surface area (Å²) in [6.45, 7) is 0.598. The second-order valence-corrected chi connectivity index (χ2v) is 5.88. The van der Waals surface area contributed by atoms with E-state index in [2.05, 4.69) is 11.4 Å². The first kappa shape index (κ1) is 14.8. The lowest BCUT2D eigenvalue weighted by atomic mass is 9.80. The lowest BCUT2D eigenvalue weighted by molar-refractivity contribution is -0.144. The number of hydrogen-bond donors (Lipinski definition) is 1. The third-order valence-corrected chi connectivity index (χ3v) is 4.64. The number of likely N-dealkylation sites (N-methyl/N-ethyl adjacent to an activating group) is 1. The Morgan fingerprint density at radius 2 is 1.85 bits per heavy atom. The quantitative estimate of drug-likeness (QED) is 0.779. The zero-order valence-electron chi connectivity index (χ0n) is 12.2. The van der Waals surface area contributed by atoms with Gasteiger partial charge in [-0.15, -0.1) is 0 Å². The summed E-state index contributed by atoms with van der Waals surface area (Å²) in [5.41, 5.74) is -0.896. The number of carbonyl (C=O) groups is 2. The molecule has 0 bridgehead atoms. The van der Waals surface area contributed by atoms with E-state index in [1.54, 1.807) is 11.9 Å². The fraction of sp³-hybridized carbons (Fsp3) is 0.800. The summed E-state index contributed by atoms with van der Waals surface area (Å²) in [5, 5.41) is 12.2. The maximum Gasteiger partial charge on any atom is 0.243 e. The fourth-order valence-electron chi connectivity index (χ4n) is 3.43. The van der Waals surface area contributed by atoms with Crippen LogP contribution in [-0.2, 0) is 9.59 Å². The topological polar surface area (TPSA) is 73.2 Å². The number of rotatable bonds is 2. The molecule has 110 valence electrons. The van der Waals surface area contributed by atoms with Gasteiger partial charge in [0.1, 0.15) is 11.5 Å². The summed E-state index contributed by atoms with van der Waals surface area (Å²) < 4.78 is 0. The van der Waals surface area contributed by atoms with Gasteiger partial charge in [0.15, 0.2) is 0 Å². The Morgan fingerprint density at radius 3 is 2.40 bits per heavy atom. The molecule has 20 heavy (non-hydrogen) atoms. The Hall–Kier alpha value is -1.57. The largest absolute Gasteiger partial charge is 0.357 e. The molecular formula is C15H23N3O2. The summed E-state index contributed by atoms with van der Waals surface area (Å²) in [7, 11) is 1.59. The van der Waals surface area contributed by atoms with E-state index in [4.69, 9.17) is 0 Å². The van der Waals surface area contributed by atoms with Crippen molar-refractivity contribution in [3.05, 3.63) is 0 Å². The highest BCUT2D eigenvalue weighted by molar-refractivity contribution is 5.92. The SMILES string of the molecule is CNC(=O)C1CCCN1C(=O)C1(C#N)CCCCCC1. The van der Waals surface area contributed by atoms with Crippen molar-refractivity contribution in [3.63, 3.8) is 0 Å². The molecule has 1 saturated carbocycles. The smallest absolute Gasteiger partial charge is 0.243 e. The zero-order chi connectivity index (χ0) is 14.6. The van der Waals surface area contributed by atoms with E-state index in [1.807, 2.05) is 0 Å². The summed E-state index contributed by atoms with van der Waals surface area (Å²) in [6, 6.07) is 1.90. The Kier molecular flexibility index (Phi) is 4.64. The molecule has 2 fully saturated rings. The second-order valence-electron chi connectivity index (χ2n) is 5.88. The van der Waals surface area contributed by atoms with E-state index in [9.17, 15) is 14.9 Å². The highest BCUT2D eigenvalue weighted by atomic mass is 16.2. The van der Waals surface area contributed by atoms with Crippen LogP contribution in [0.5, 0.6) is 0 Å². The standard InChI is InChI=1S/C15H23N3O2/c1-17-13(19)12-7-6-10-18(12)14(20)15(11-16)8-4-2-3-5-9-15/h12H,2-10H2,1H3,(H,17,19). The predicted octanol–water partition coefficient (Wildman–Crippen LogP) is 1.59. The third kappa shape index (κ3) is 2.65. The predicted molar refractivity (Wildman–Crippen MR) is 74.5 cm³/mol. The third-order valence-electron chi connectivity index (χ3n) is 4.64. The van der Waals surface area contributed by atoms with Crippen LogP contribution in [0.25, 0.3) is 0 Å². The number of nitrogens with one attached hydrogen (secondary N) is 1. The van der Waals surface area contributed by atoms with Gasteiger partial charge in [0.05, 0.1) is 6.07 Å². The van der Waals surface area contributed by atoms with Crippen LogP contribution in [0.2, 0.25) is 0 Å². The van der Waals surface area contributed by atoms with Gasteiger partial charge in [-0.3, -0.25) is 9.59 Å². The summed E-state index contributed by atoms with van der Waals surface area (Å²) >= 11 is 0. The van der Waals surface area contributed by atoms with E-state index in [0.717, 1.165) is 32.1 Å². The molecule has 1 heterocycles. The molecule has 1 aliphatic carbocycles. The molecule has 1 N–H and O–H groups in total. The van der Waals surface area contributed by atoms with Crippen molar-refractivity contribution in [2.24, 2.45) is 5.41 Å². The minimum Gasteiger partial charge on any atom is -0.357 e. The lowest BCUT2D eigenvalue weighted by Gasteiger charge is -2.32. The average Bonchev–Trinajstić information content (AvgIpc) is 2.83. The molecule has 2 amide bonds. The molecule has 0 aromatic heterocycles. The molecule has 0 aromatic carbocycles. The number of carbonyl (C=O) groups excluding carboxylic acids is 2. The van der Waals surface area contributed by atoms with Gasteiger partial charge in [-0.05, 0) is 25.7 Å². The molecular weight excluding hydrogens is 254 g/mol. The average molecular weight is 277 g/mol. The van der Waals surface area contributed by atoms with Crippen molar-refractivity contribution >= 4 is 11.8 Å². The Bertz CT molecular complexity index is 419. The molecule has 0 radical (unpaired) electrons. The number of likely N-dealkylation sites (tertiary alicyclic amines) is 1. The van der Waals surface area contributed by atoms with Crippen molar-refractivity contribution in [2.75, 3.05) is 13.6 Å². The van der Waals surface area contributed by atoms with Gasteiger partial charge in [0.2, 0.25) is 11.8 Å². The van der Waals surface area contributed by atoms with E-state index in [-0.39, 0.29) is 17.9 Å². The molecule has 0 spiro atoms. The Labute approximate surface area is 120 Å². The summed E-state index contributed by atoms with van der Waals surface area (Å²) in [5.74, 6) is -0.231. The fourth-order valence-corrected chi connectivity index (χ4v) is 3.43. The van der Waals surface area contributed by atoms with Gasteiger partial charge in [0.25, 0.3) is 0 Å². The second kappa shape index (κ2) is 6.25. The maximum absolute atomic E-state index is 12.9. The van der Waals surface area contributed by atoms with Crippen LogP contribution in [-0.4, -0.2) is 36.3 Å². The van der Waals surface area contributed by atoms with Gasteiger partial charge in [-0.25, -0.2) is 0 Å². The maximum atomic E-state index is 12.9. The van der Waals surface area contributed by atoms with Crippen LogP contribution in [0.1, 0.15) is 51.4 Å². The first-order valence-electron chi connectivity index (χ1n) is 7.58. The van der Waals surface area contributed by atoms with E-state index in [0.29, 0.717) is 25.8 Å². The van der Waals surface area contributed by atoms with Crippen LogP contribution < -0.4 is 5.32 Å². The van der Waals surface area contributed by atoms with E-state index in [1.165, 1.54) is 0 Å². The van der Waals surface area contributed by atoms with Crippen LogP contribution in [0, 0.1) is 16.7 Å². The highest BCUT2D eigenvalue weighted by Crippen LogP contribution is 2.38. The van der Waals surface area contributed by atoms with Crippen LogP contribution in [0.3, 0.4) is 0 Å². The van der Waals surface area contributed by atoms with Crippen molar-refractivity contribution in [1.82, 2.24) is 10.2 Å². The zero-order valence-corrected chi connectivity index (χ0v) is 12.2. The van der Waals surface area contributed by atoms with Crippen LogP contribution in [0.15, 0.2) is 0 Å². The molecule has 5 nitrogen and oxygen atoms in total. The van der Waals surface area contributed by atoms with Gasteiger partial charge in [0, 0.05) is 13.6 Å². The van der Waals surface area contributed by atoms with E-state index >= 15 is 0 Å². The van der Waals surface area contributed by atoms with Crippen molar-refractivity contribution in [1.29, 1.82) is 5.26 Å². The van der Waals surface area contributed by atoms with Crippen LogP contribution >= 0.6 is 0 Å². The minimum absolute atomic E-state index is 0.113.